The van der Waals surface area contributed by atoms with E-state index in [9.17, 15) is 0 Å². The van der Waals surface area contributed by atoms with Crippen LogP contribution in [0.2, 0.25) is 0 Å². The zero-order chi connectivity index (χ0) is 13.1. The van der Waals surface area contributed by atoms with Crippen molar-refractivity contribution in [3.05, 3.63) is 70.4 Å². The van der Waals surface area contributed by atoms with E-state index in [2.05, 4.69) is 39.2 Å². The summed E-state index contributed by atoms with van der Waals surface area (Å²) in [5, 5.41) is 2.10. The van der Waals surface area contributed by atoms with Gasteiger partial charge in [0.25, 0.3) is 0 Å². The molecule has 19 heavy (non-hydrogen) atoms. The van der Waals surface area contributed by atoms with Crippen LogP contribution in [-0.2, 0) is 13.0 Å². The van der Waals surface area contributed by atoms with Crippen LogP contribution in [0.15, 0.2) is 54.2 Å². The van der Waals surface area contributed by atoms with E-state index in [0.717, 1.165) is 24.5 Å². The van der Waals surface area contributed by atoms with Gasteiger partial charge in [0.05, 0.1) is 0 Å². The fraction of sp³-hybridized carbons (Fsp3) is 0.133. The molecule has 0 unspecified atom stereocenters. The van der Waals surface area contributed by atoms with Gasteiger partial charge in [-0.3, -0.25) is 0 Å². The van der Waals surface area contributed by atoms with Gasteiger partial charge in [-0.1, -0.05) is 18.2 Å². The normalized spacial score (nSPS) is 10.7. The highest BCUT2D eigenvalue weighted by Crippen LogP contribution is 2.15. The quantitative estimate of drug-likeness (QED) is 0.739. The topological polar surface area (TPSA) is 43.8 Å². The van der Waals surface area contributed by atoms with E-state index in [0.29, 0.717) is 0 Å². The third kappa shape index (κ3) is 2.85. The van der Waals surface area contributed by atoms with Gasteiger partial charge in [-0.25, -0.2) is 4.98 Å². The van der Waals surface area contributed by atoms with E-state index in [4.69, 9.17) is 5.73 Å². The second-order valence-corrected chi connectivity index (χ2v) is 5.50. The molecule has 96 valence electrons. The van der Waals surface area contributed by atoms with Crippen LogP contribution in [0.25, 0.3) is 0 Å². The largest absolute Gasteiger partial charge is 0.399 e. The van der Waals surface area contributed by atoms with Crippen molar-refractivity contribution in [1.29, 1.82) is 0 Å². The number of benzene rings is 1. The molecule has 3 aromatic rings. The van der Waals surface area contributed by atoms with Crippen molar-refractivity contribution >= 4 is 17.0 Å². The number of rotatable bonds is 4. The molecule has 0 aliphatic carbocycles. The van der Waals surface area contributed by atoms with Crippen LogP contribution >= 0.6 is 11.3 Å². The van der Waals surface area contributed by atoms with Crippen LogP contribution in [0.4, 0.5) is 5.69 Å². The minimum absolute atomic E-state index is 0.799. The van der Waals surface area contributed by atoms with Crippen LogP contribution in [0, 0.1) is 0 Å². The lowest BCUT2D eigenvalue weighted by Gasteiger charge is -2.07. The van der Waals surface area contributed by atoms with E-state index in [1.54, 1.807) is 11.3 Å². The van der Waals surface area contributed by atoms with Gasteiger partial charge in [-0.15, -0.1) is 11.3 Å². The molecule has 0 radical (unpaired) electrons. The molecule has 0 amide bonds. The Morgan fingerprint density at radius 2 is 2.00 bits per heavy atom. The zero-order valence-corrected chi connectivity index (χ0v) is 11.3. The molecule has 4 heteroatoms. The van der Waals surface area contributed by atoms with E-state index in [1.807, 2.05) is 24.5 Å². The Hall–Kier alpha value is -2.07. The first-order valence-corrected chi connectivity index (χ1v) is 7.06. The fourth-order valence-corrected chi connectivity index (χ4v) is 2.74. The molecule has 0 spiro atoms. The van der Waals surface area contributed by atoms with Gasteiger partial charge in [0, 0.05) is 35.9 Å². The Morgan fingerprint density at radius 1 is 1.16 bits per heavy atom. The molecule has 2 aromatic heterocycles. The summed E-state index contributed by atoms with van der Waals surface area (Å²) in [7, 11) is 0. The minimum Gasteiger partial charge on any atom is -0.399 e. The second kappa shape index (κ2) is 5.28. The maximum atomic E-state index is 5.70. The maximum Gasteiger partial charge on any atom is 0.114 e. The van der Waals surface area contributed by atoms with Crippen molar-refractivity contribution in [2.45, 2.75) is 13.0 Å². The first-order chi connectivity index (χ1) is 9.31. The molecule has 3 nitrogen and oxygen atoms in total. The number of imidazole rings is 1. The lowest BCUT2D eigenvalue weighted by atomic mass is 10.2. The van der Waals surface area contributed by atoms with Gasteiger partial charge < -0.3 is 10.3 Å². The Kier molecular flexibility index (Phi) is 3.33. The molecule has 2 heterocycles. The molecule has 1 aromatic carbocycles. The average Bonchev–Trinajstić information content (AvgIpc) is 3.06. The standard InChI is InChI=1S/C15H15N3S/c16-13-5-3-12(4-6-13)11-18-8-7-17-15(18)10-14-2-1-9-19-14/h1-9H,10-11,16H2. The number of thiophene rings is 1. The lowest BCUT2D eigenvalue weighted by Crippen LogP contribution is -2.04. The monoisotopic (exact) mass is 269 g/mol. The molecule has 0 aliphatic heterocycles. The highest BCUT2D eigenvalue weighted by molar-refractivity contribution is 7.09. The Labute approximate surface area is 116 Å². The van der Waals surface area contributed by atoms with E-state index >= 15 is 0 Å². The van der Waals surface area contributed by atoms with Gasteiger partial charge in [0.15, 0.2) is 0 Å². The maximum absolute atomic E-state index is 5.70. The number of hydrogen-bond acceptors (Lipinski definition) is 3. The Morgan fingerprint density at radius 3 is 2.74 bits per heavy atom. The van der Waals surface area contributed by atoms with Crippen LogP contribution in [-0.4, -0.2) is 9.55 Å². The number of nitrogens with zero attached hydrogens (tertiary/aromatic N) is 2. The molecule has 0 aliphatic rings. The van der Waals surface area contributed by atoms with Crippen LogP contribution in [0.5, 0.6) is 0 Å². The summed E-state index contributed by atoms with van der Waals surface area (Å²) in [6, 6.07) is 12.2. The SMILES string of the molecule is Nc1ccc(Cn2ccnc2Cc2cccs2)cc1. The zero-order valence-electron chi connectivity index (χ0n) is 10.5. The number of aromatic nitrogens is 2. The highest BCUT2D eigenvalue weighted by Gasteiger charge is 2.05. The van der Waals surface area contributed by atoms with Gasteiger partial charge in [-0.2, -0.15) is 0 Å². The van der Waals surface area contributed by atoms with E-state index in [1.165, 1.54) is 10.4 Å². The third-order valence-electron chi connectivity index (χ3n) is 3.05. The van der Waals surface area contributed by atoms with Crippen molar-refractivity contribution in [1.82, 2.24) is 9.55 Å². The smallest absolute Gasteiger partial charge is 0.114 e. The average molecular weight is 269 g/mol. The van der Waals surface area contributed by atoms with Crippen molar-refractivity contribution < 1.29 is 0 Å². The Bertz CT molecular complexity index is 638. The third-order valence-corrected chi connectivity index (χ3v) is 3.92. The first-order valence-electron chi connectivity index (χ1n) is 6.18. The summed E-state index contributed by atoms with van der Waals surface area (Å²) in [5.74, 6) is 1.10. The van der Waals surface area contributed by atoms with Crippen molar-refractivity contribution in [2.75, 3.05) is 5.73 Å². The predicted molar refractivity (Wildman–Crippen MR) is 79.3 cm³/mol. The molecular weight excluding hydrogens is 254 g/mol. The molecule has 3 rings (SSSR count). The molecule has 0 fully saturated rings. The van der Waals surface area contributed by atoms with Crippen LogP contribution < -0.4 is 5.73 Å². The van der Waals surface area contributed by atoms with E-state index < -0.39 is 0 Å². The van der Waals surface area contributed by atoms with Gasteiger partial charge in [-0.05, 0) is 29.1 Å². The molecule has 0 bridgehead atoms. The molecular formula is C15H15N3S. The number of hydrogen-bond donors (Lipinski definition) is 1. The lowest BCUT2D eigenvalue weighted by molar-refractivity contribution is 0.743. The molecule has 2 N–H and O–H groups in total. The summed E-state index contributed by atoms with van der Waals surface area (Å²) in [4.78, 5) is 5.79. The highest BCUT2D eigenvalue weighted by atomic mass is 32.1. The van der Waals surface area contributed by atoms with Gasteiger partial charge in [0.2, 0.25) is 0 Å². The summed E-state index contributed by atoms with van der Waals surface area (Å²) in [5.41, 5.74) is 7.74. The Balaban J connectivity index is 1.78. The van der Waals surface area contributed by atoms with Crippen LogP contribution in [0.1, 0.15) is 16.3 Å². The predicted octanol–water partition coefficient (Wildman–Crippen LogP) is 3.17. The van der Waals surface area contributed by atoms with Gasteiger partial charge in [0.1, 0.15) is 5.82 Å². The van der Waals surface area contributed by atoms with E-state index in [-0.39, 0.29) is 0 Å². The summed E-state index contributed by atoms with van der Waals surface area (Å²) < 4.78 is 2.19. The molecule has 0 atom stereocenters. The number of nitrogens with two attached hydrogens (primary N) is 1. The summed E-state index contributed by atoms with van der Waals surface area (Å²) in [6.07, 6.45) is 4.78. The number of nitrogen functional groups attached to an aromatic ring is 1. The van der Waals surface area contributed by atoms with Crippen molar-refractivity contribution in [3.63, 3.8) is 0 Å². The molecule has 0 saturated heterocycles. The van der Waals surface area contributed by atoms with Gasteiger partial charge >= 0.3 is 0 Å². The fourth-order valence-electron chi connectivity index (χ4n) is 2.04. The van der Waals surface area contributed by atoms with Crippen molar-refractivity contribution in [3.8, 4) is 0 Å². The number of anilines is 1. The first kappa shape index (κ1) is 12.0. The molecule has 0 saturated carbocycles. The second-order valence-electron chi connectivity index (χ2n) is 4.47. The summed E-state index contributed by atoms with van der Waals surface area (Å²) >= 11 is 1.77. The summed E-state index contributed by atoms with van der Waals surface area (Å²) in [6.45, 7) is 0.834. The minimum atomic E-state index is 0.799. The van der Waals surface area contributed by atoms with Crippen LogP contribution in [0.3, 0.4) is 0 Å². The van der Waals surface area contributed by atoms with Crippen molar-refractivity contribution in [2.24, 2.45) is 0 Å².